The van der Waals surface area contributed by atoms with Crippen molar-refractivity contribution in [2.24, 2.45) is 0 Å². The maximum Gasteiger partial charge on any atom is 0.160 e. The van der Waals surface area contributed by atoms with Crippen molar-refractivity contribution in [3.05, 3.63) is 0 Å². The Balaban J connectivity index is 4.18. The van der Waals surface area contributed by atoms with Crippen molar-refractivity contribution >= 4 is 5.78 Å². The number of Topliss-reactive ketones (excluding diaryl/α,β-unsaturated/α-hetero) is 1. The summed E-state index contributed by atoms with van der Waals surface area (Å²) in [5, 5.41) is 35.8. The predicted molar refractivity (Wildman–Crippen MR) is 40.4 cm³/mol. The lowest BCUT2D eigenvalue weighted by atomic mass is 10.0. The standard InChI is InChI=1S/C7H14O5/c1-3(8)5(10)7(12)6(11)4(2)9/h3,5-8,10-12H,1-2H3. The summed E-state index contributed by atoms with van der Waals surface area (Å²) in [6.07, 6.45) is -5.98. The van der Waals surface area contributed by atoms with Crippen molar-refractivity contribution < 1.29 is 25.2 Å². The van der Waals surface area contributed by atoms with E-state index in [0.717, 1.165) is 6.92 Å². The van der Waals surface area contributed by atoms with Gasteiger partial charge < -0.3 is 20.4 Å². The number of aliphatic hydroxyl groups is 4. The molecule has 72 valence electrons. The van der Waals surface area contributed by atoms with E-state index < -0.39 is 30.2 Å². The molecule has 0 aromatic carbocycles. The Morgan fingerprint density at radius 1 is 1.08 bits per heavy atom. The van der Waals surface area contributed by atoms with Gasteiger partial charge in [-0.15, -0.1) is 0 Å². The molecular weight excluding hydrogens is 164 g/mol. The van der Waals surface area contributed by atoms with Crippen molar-refractivity contribution in [3.63, 3.8) is 0 Å². The number of ketones is 1. The maximum atomic E-state index is 10.5. The fourth-order valence-electron chi connectivity index (χ4n) is 0.713. The van der Waals surface area contributed by atoms with E-state index in [-0.39, 0.29) is 0 Å². The molecule has 12 heavy (non-hydrogen) atoms. The third kappa shape index (κ3) is 2.86. The second-order valence-electron chi connectivity index (χ2n) is 2.78. The zero-order valence-electron chi connectivity index (χ0n) is 7.01. The molecule has 0 aliphatic carbocycles. The molecule has 4 N–H and O–H groups in total. The Morgan fingerprint density at radius 2 is 1.50 bits per heavy atom. The molecule has 4 atom stereocenters. The number of aliphatic hydroxyl groups excluding tert-OH is 4. The Kier molecular flexibility index (Phi) is 4.33. The van der Waals surface area contributed by atoms with Crippen LogP contribution in [0.4, 0.5) is 0 Å². The molecule has 0 rings (SSSR count). The lowest BCUT2D eigenvalue weighted by molar-refractivity contribution is -0.141. The van der Waals surface area contributed by atoms with E-state index >= 15 is 0 Å². The highest BCUT2D eigenvalue weighted by atomic mass is 16.4. The zero-order valence-corrected chi connectivity index (χ0v) is 7.01. The quantitative estimate of drug-likeness (QED) is 0.400. The molecule has 0 fully saturated rings. The van der Waals surface area contributed by atoms with Crippen molar-refractivity contribution in [1.29, 1.82) is 0 Å². The first-order chi connectivity index (χ1) is 5.37. The highest BCUT2D eigenvalue weighted by Crippen LogP contribution is 2.05. The first-order valence-electron chi connectivity index (χ1n) is 3.60. The minimum atomic E-state index is -1.64. The first kappa shape index (κ1) is 11.5. The van der Waals surface area contributed by atoms with Crippen LogP contribution in [-0.2, 0) is 4.79 Å². The maximum absolute atomic E-state index is 10.5. The van der Waals surface area contributed by atoms with Crippen LogP contribution in [-0.4, -0.2) is 50.6 Å². The Hall–Kier alpha value is -0.490. The van der Waals surface area contributed by atoms with Crippen molar-refractivity contribution in [1.82, 2.24) is 0 Å². The summed E-state index contributed by atoms with van der Waals surface area (Å²) in [4.78, 5) is 10.5. The highest BCUT2D eigenvalue weighted by molar-refractivity contribution is 5.80. The monoisotopic (exact) mass is 178 g/mol. The Morgan fingerprint density at radius 3 is 1.75 bits per heavy atom. The lowest BCUT2D eigenvalue weighted by Crippen LogP contribution is -2.46. The fraction of sp³-hybridized carbons (Fsp3) is 0.857. The summed E-state index contributed by atoms with van der Waals surface area (Å²) in [5.74, 6) is -0.651. The molecule has 0 heterocycles. The van der Waals surface area contributed by atoms with E-state index in [1.807, 2.05) is 0 Å². The largest absolute Gasteiger partial charge is 0.391 e. The van der Waals surface area contributed by atoms with E-state index in [4.69, 9.17) is 20.4 Å². The van der Waals surface area contributed by atoms with Gasteiger partial charge in [-0.2, -0.15) is 0 Å². The average Bonchev–Trinajstić information content (AvgIpc) is 2.00. The summed E-state index contributed by atoms with van der Waals surface area (Å²) < 4.78 is 0. The molecule has 0 radical (unpaired) electrons. The van der Waals surface area contributed by atoms with Gasteiger partial charge in [0.15, 0.2) is 5.78 Å². The van der Waals surface area contributed by atoms with Crippen LogP contribution in [0.15, 0.2) is 0 Å². The van der Waals surface area contributed by atoms with Crippen molar-refractivity contribution in [2.75, 3.05) is 0 Å². The van der Waals surface area contributed by atoms with Crippen LogP contribution in [0.1, 0.15) is 13.8 Å². The summed E-state index contributed by atoms with van der Waals surface area (Å²) in [7, 11) is 0. The normalized spacial score (nSPS) is 21.2. The molecule has 0 saturated heterocycles. The topological polar surface area (TPSA) is 98.0 Å². The van der Waals surface area contributed by atoms with Gasteiger partial charge in [0.05, 0.1) is 6.10 Å². The third-order valence-corrected chi connectivity index (χ3v) is 1.58. The molecule has 5 nitrogen and oxygen atoms in total. The molecule has 0 saturated carbocycles. The van der Waals surface area contributed by atoms with E-state index in [9.17, 15) is 4.79 Å². The van der Waals surface area contributed by atoms with E-state index in [1.54, 1.807) is 0 Å². The number of rotatable bonds is 4. The van der Waals surface area contributed by atoms with Crippen LogP contribution in [0.3, 0.4) is 0 Å². The second-order valence-corrected chi connectivity index (χ2v) is 2.78. The SMILES string of the molecule is CC(=O)C(O)C(O)C(O)C(C)O. The number of hydrogen-bond acceptors (Lipinski definition) is 5. The molecular formula is C7H14O5. The number of carbonyl (C=O) groups is 1. The molecule has 0 aliphatic heterocycles. The van der Waals surface area contributed by atoms with Crippen LogP contribution in [0.2, 0.25) is 0 Å². The van der Waals surface area contributed by atoms with Gasteiger partial charge >= 0.3 is 0 Å². The number of carbonyl (C=O) groups excluding carboxylic acids is 1. The van der Waals surface area contributed by atoms with Crippen LogP contribution >= 0.6 is 0 Å². The minimum absolute atomic E-state index is 0.651. The average molecular weight is 178 g/mol. The van der Waals surface area contributed by atoms with Gasteiger partial charge in [0.2, 0.25) is 0 Å². The Labute approximate surface area is 70.3 Å². The summed E-state index contributed by atoms with van der Waals surface area (Å²) in [5.41, 5.74) is 0. The molecule has 0 aliphatic rings. The molecule has 0 aromatic heterocycles. The van der Waals surface area contributed by atoms with Crippen LogP contribution in [0, 0.1) is 0 Å². The first-order valence-corrected chi connectivity index (χ1v) is 3.60. The molecule has 0 spiro atoms. The summed E-state index contributed by atoms with van der Waals surface area (Å²) >= 11 is 0. The summed E-state index contributed by atoms with van der Waals surface area (Å²) in [6.45, 7) is 2.34. The highest BCUT2D eigenvalue weighted by Gasteiger charge is 2.30. The third-order valence-electron chi connectivity index (χ3n) is 1.58. The predicted octanol–water partition coefficient (Wildman–Crippen LogP) is -1.96. The van der Waals surface area contributed by atoms with Crippen LogP contribution < -0.4 is 0 Å². The number of hydrogen-bond donors (Lipinski definition) is 4. The van der Waals surface area contributed by atoms with Crippen molar-refractivity contribution in [3.8, 4) is 0 Å². The molecule has 0 amide bonds. The fourth-order valence-corrected chi connectivity index (χ4v) is 0.713. The van der Waals surface area contributed by atoms with Gasteiger partial charge in [-0.05, 0) is 13.8 Å². The van der Waals surface area contributed by atoms with Crippen LogP contribution in [0.5, 0.6) is 0 Å². The van der Waals surface area contributed by atoms with Gasteiger partial charge in [-0.3, -0.25) is 4.79 Å². The van der Waals surface area contributed by atoms with E-state index in [1.165, 1.54) is 6.92 Å². The Bertz CT molecular complexity index is 156. The minimum Gasteiger partial charge on any atom is -0.391 e. The molecule has 0 bridgehead atoms. The van der Waals surface area contributed by atoms with Gasteiger partial charge in [-0.1, -0.05) is 0 Å². The smallest absolute Gasteiger partial charge is 0.160 e. The van der Waals surface area contributed by atoms with Gasteiger partial charge in [0, 0.05) is 0 Å². The second kappa shape index (κ2) is 4.51. The molecule has 0 aromatic rings. The lowest BCUT2D eigenvalue weighted by Gasteiger charge is -2.22. The van der Waals surface area contributed by atoms with Crippen LogP contribution in [0.25, 0.3) is 0 Å². The zero-order chi connectivity index (χ0) is 9.89. The summed E-state index contributed by atoms with van der Waals surface area (Å²) in [6, 6.07) is 0. The van der Waals surface area contributed by atoms with Gasteiger partial charge in [0.25, 0.3) is 0 Å². The van der Waals surface area contributed by atoms with E-state index in [2.05, 4.69) is 0 Å². The van der Waals surface area contributed by atoms with Gasteiger partial charge in [0.1, 0.15) is 18.3 Å². The van der Waals surface area contributed by atoms with Crippen molar-refractivity contribution in [2.45, 2.75) is 38.3 Å². The van der Waals surface area contributed by atoms with E-state index in [0.29, 0.717) is 0 Å². The molecule has 4 unspecified atom stereocenters. The molecule has 5 heteroatoms. The van der Waals surface area contributed by atoms with Gasteiger partial charge in [-0.25, -0.2) is 0 Å².